The van der Waals surface area contributed by atoms with Gasteiger partial charge in [-0.1, -0.05) is 41.9 Å². The van der Waals surface area contributed by atoms with Gasteiger partial charge >= 0.3 is 0 Å². The second-order valence-corrected chi connectivity index (χ2v) is 6.98. The number of halogens is 2. The first-order valence-corrected chi connectivity index (χ1v) is 9.55. The Morgan fingerprint density at radius 1 is 1.29 bits per heavy atom. The molecule has 1 saturated heterocycles. The van der Waals surface area contributed by atoms with E-state index in [1.165, 1.54) is 6.07 Å². The Hall–Kier alpha value is -2.15. The highest BCUT2D eigenvalue weighted by Crippen LogP contribution is 2.24. The highest BCUT2D eigenvalue weighted by Gasteiger charge is 2.28. The van der Waals surface area contributed by atoms with Gasteiger partial charge in [0.2, 0.25) is 0 Å². The van der Waals surface area contributed by atoms with Crippen molar-refractivity contribution in [3.05, 3.63) is 64.9 Å². The Kier molecular flexibility index (Phi) is 7.25. The minimum Gasteiger partial charge on any atom is -0.479 e. The number of amides is 1. The van der Waals surface area contributed by atoms with Crippen LogP contribution in [0.1, 0.15) is 12.5 Å². The molecule has 150 valence electrons. The predicted octanol–water partition coefficient (Wildman–Crippen LogP) is 3.69. The Morgan fingerprint density at radius 3 is 2.82 bits per heavy atom. The molecule has 1 fully saturated rings. The van der Waals surface area contributed by atoms with Gasteiger partial charge in [0.1, 0.15) is 11.6 Å². The third-order valence-corrected chi connectivity index (χ3v) is 4.77. The Labute approximate surface area is 168 Å². The third kappa shape index (κ3) is 5.44. The lowest BCUT2D eigenvalue weighted by Gasteiger charge is -2.34. The highest BCUT2D eigenvalue weighted by atomic mass is 35.5. The summed E-state index contributed by atoms with van der Waals surface area (Å²) in [6, 6.07) is 13.5. The fraction of sp³-hybridized carbons (Fsp3) is 0.381. The van der Waals surface area contributed by atoms with Gasteiger partial charge < -0.3 is 19.1 Å². The molecule has 3 rings (SSSR count). The van der Waals surface area contributed by atoms with E-state index in [1.54, 1.807) is 54.3 Å². The Balaban J connectivity index is 1.49. The van der Waals surface area contributed by atoms with Crippen molar-refractivity contribution in [3.8, 4) is 5.75 Å². The molecule has 0 bridgehead atoms. The van der Waals surface area contributed by atoms with Gasteiger partial charge in [0.25, 0.3) is 5.91 Å². The van der Waals surface area contributed by atoms with E-state index < -0.39 is 6.10 Å². The maximum absolute atomic E-state index is 13.6. The molecule has 0 aliphatic carbocycles. The number of nitrogens with zero attached hydrogens (tertiary/aromatic N) is 1. The zero-order valence-corrected chi connectivity index (χ0v) is 16.4. The van der Waals surface area contributed by atoms with Crippen molar-refractivity contribution in [1.29, 1.82) is 0 Å². The second-order valence-electron chi connectivity index (χ2n) is 6.57. The summed E-state index contributed by atoms with van der Waals surface area (Å²) in [5.74, 6) is 0.0415. The minimum atomic E-state index is -0.669. The van der Waals surface area contributed by atoms with E-state index in [2.05, 4.69) is 0 Å². The summed E-state index contributed by atoms with van der Waals surface area (Å²) < 4.78 is 30.6. The summed E-state index contributed by atoms with van der Waals surface area (Å²) in [4.78, 5) is 14.4. The molecule has 7 heteroatoms. The van der Waals surface area contributed by atoms with Crippen molar-refractivity contribution in [2.75, 3.05) is 26.3 Å². The van der Waals surface area contributed by atoms with Crippen LogP contribution in [-0.2, 0) is 20.9 Å². The zero-order valence-electron chi connectivity index (χ0n) is 15.6. The molecular formula is C21H23ClFNO4. The molecule has 2 aromatic rings. The van der Waals surface area contributed by atoms with Gasteiger partial charge in [-0.3, -0.25) is 4.79 Å². The predicted molar refractivity (Wildman–Crippen MR) is 104 cm³/mol. The zero-order chi connectivity index (χ0) is 19.9. The lowest BCUT2D eigenvalue weighted by Crippen LogP contribution is -2.50. The molecule has 2 aromatic carbocycles. The van der Waals surface area contributed by atoms with Crippen LogP contribution < -0.4 is 4.74 Å². The van der Waals surface area contributed by atoms with E-state index in [1.807, 2.05) is 0 Å². The number of ether oxygens (including phenoxy) is 3. The number of hydrogen-bond donors (Lipinski definition) is 0. The van der Waals surface area contributed by atoms with Crippen molar-refractivity contribution in [3.63, 3.8) is 0 Å². The number of para-hydroxylation sites is 1. The molecule has 0 aromatic heterocycles. The number of morpholine rings is 1. The van der Waals surface area contributed by atoms with Crippen LogP contribution in [0.15, 0.2) is 48.5 Å². The van der Waals surface area contributed by atoms with E-state index in [4.69, 9.17) is 25.8 Å². The first kappa shape index (κ1) is 20.6. The van der Waals surface area contributed by atoms with Crippen LogP contribution in [0.4, 0.5) is 4.39 Å². The lowest BCUT2D eigenvalue weighted by molar-refractivity contribution is -0.148. The van der Waals surface area contributed by atoms with Crippen LogP contribution in [0.3, 0.4) is 0 Å². The molecule has 0 N–H and O–H groups in total. The van der Waals surface area contributed by atoms with Gasteiger partial charge in [0.05, 0.1) is 30.9 Å². The molecule has 1 heterocycles. The van der Waals surface area contributed by atoms with Crippen LogP contribution in [0, 0.1) is 5.82 Å². The molecule has 2 atom stereocenters. The van der Waals surface area contributed by atoms with Crippen molar-refractivity contribution in [1.82, 2.24) is 4.90 Å². The van der Waals surface area contributed by atoms with Crippen LogP contribution in [0.5, 0.6) is 5.75 Å². The van der Waals surface area contributed by atoms with Crippen LogP contribution in [0.25, 0.3) is 0 Å². The Bertz CT molecular complexity index is 803. The molecule has 28 heavy (non-hydrogen) atoms. The van der Waals surface area contributed by atoms with Gasteiger partial charge in [0, 0.05) is 18.7 Å². The number of carbonyl (C=O) groups excluding carboxylic acids is 1. The smallest absolute Gasteiger partial charge is 0.263 e. The maximum atomic E-state index is 13.6. The first-order valence-electron chi connectivity index (χ1n) is 9.17. The molecule has 2 unspecified atom stereocenters. The molecular weight excluding hydrogens is 385 g/mol. The quantitative estimate of drug-likeness (QED) is 0.702. The van der Waals surface area contributed by atoms with E-state index in [0.717, 1.165) is 0 Å². The third-order valence-electron chi connectivity index (χ3n) is 4.46. The van der Waals surface area contributed by atoms with Gasteiger partial charge in [-0.05, 0) is 25.1 Å². The SMILES string of the molecule is CC(Oc1ccccc1Cl)C(=O)N1CCOC(COCc2ccccc2F)C1. The number of benzene rings is 2. The monoisotopic (exact) mass is 407 g/mol. The molecule has 1 amide bonds. The molecule has 0 spiro atoms. The van der Waals surface area contributed by atoms with Crippen LogP contribution in [-0.4, -0.2) is 49.3 Å². The molecule has 1 aliphatic heterocycles. The van der Waals surface area contributed by atoms with Gasteiger partial charge in [-0.15, -0.1) is 0 Å². The summed E-state index contributed by atoms with van der Waals surface area (Å²) in [5.41, 5.74) is 0.494. The summed E-state index contributed by atoms with van der Waals surface area (Å²) in [5, 5.41) is 0.462. The minimum absolute atomic E-state index is 0.137. The number of rotatable bonds is 7. The largest absolute Gasteiger partial charge is 0.479 e. The number of carbonyl (C=O) groups is 1. The summed E-state index contributed by atoms with van der Waals surface area (Å²) >= 11 is 6.09. The summed E-state index contributed by atoms with van der Waals surface area (Å²) in [6.07, 6.45) is -0.935. The molecule has 0 radical (unpaired) electrons. The van der Waals surface area contributed by atoms with E-state index >= 15 is 0 Å². The van der Waals surface area contributed by atoms with Crippen LogP contribution in [0.2, 0.25) is 5.02 Å². The average molecular weight is 408 g/mol. The molecule has 1 aliphatic rings. The fourth-order valence-corrected chi connectivity index (χ4v) is 3.15. The Morgan fingerprint density at radius 2 is 2.04 bits per heavy atom. The van der Waals surface area contributed by atoms with E-state index in [9.17, 15) is 9.18 Å². The molecule has 0 saturated carbocycles. The van der Waals surface area contributed by atoms with Gasteiger partial charge in [0.15, 0.2) is 6.10 Å². The average Bonchev–Trinajstić information content (AvgIpc) is 2.71. The lowest BCUT2D eigenvalue weighted by atomic mass is 10.2. The topological polar surface area (TPSA) is 48.0 Å². The van der Waals surface area contributed by atoms with Crippen molar-refractivity contribution in [2.24, 2.45) is 0 Å². The van der Waals surface area contributed by atoms with Crippen molar-refractivity contribution < 1.29 is 23.4 Å². The normalized spacial score (nSPS) is 18.0. The van der Waals surface area contributed by atoms with E-state index in [0.29, 0.717) is 36.0 Å². The summed E-state index contributed by atoms with van der Waals surface area (Å²) in [6.45, 7) is 3.43. The maximum Gasteiger partial charge on any atom is 0.263 e. The standard InChI is InChI=1S/C21H23ClFNO4/c1-15(28-20-9-5-3-7-18(20)22)21(25)24-10-11-27-17(12-24)14-26-13-16-6-2-4-8-19(16)23/h2-9,15,17H,10-14H2,1H3. The summed E-state index contributed by atoms with van der Waals surface area (Å²) in [7, 11) is 0. The fourth-order valence-electron chi connectivity index (χ4n) is 2.97. The number of hydrogen-bond acceptors (Lipinski definition) is 4. The second kappa shape index (κ2) is 9.87. The van der Waals surface area contributed by atoms with E-state index in [-0.39, 0.29) is 31.0 Å². The van der Waals surface area contributed by atoms with Crippen LogP contribution >= 0.6 is 11.6 Å². The first-order chi connectivity index (χ1) is 13.5. The highest BCUT2D eigenvalue weighted by molar-refractivity contribution is 6.32. The molecule has 5 nitrogen and oxygen atoms in total. The van der Waals surface area contributed by atoms with Gasteiger partial charge in [-0.2, -0.15) is 0 Å². The van der Waals surface area contributed by atoms with Gasteiger partial charge in [-0.25, -0.2) is 4.39 Å². The van der Waals surface area contributed by atoms with Crippen molar-refractivity contribution in [2.45, 2.75) is 25.7 Å². The van der Waals surface area contributed by atoms with Crippen molar-refractivity contribution >= 4 is 17.5 Å².